The van der Waals surface area contributed by atoms with Crippen molar-refractivity contribution in [3.05, 3.63) is 28.8 Å². The van der Waals surface area contributed by atoms with Gasteiger partial charge < -0.3 is 14.7 Å². The Morgan fingerprint density at radius 1 is 1.19 bits per heavy atom. The Kier molecular flexibility index (Phi) is 5.41. The van der Waals surface area contributed by atoms with Crippen molar-refractivity contribution in [3.63, 3.8) is 0 Å². The molecule has 144 valence electrons. The van der Waals surface area contributed by atoms with Gasteiger partial charge in [0.25, 0.3) is 0 Å². The third-order valence-electron chi connectivity index (χ3n) is 4.63. The molecule has 1 aliphatic rings. The number of nitrogens with zero attached hydrogens (tertiary/aromatic N) is 1. The summed E-state index contributed by atoms with van der Waals surface area (Å²) in [6.07, 6.45) is -0.0965. The van der Waals surface area contributed by atoms with Crippen molar-refractivity contribution in [3.8, 4) is 5.75 Å². The highest BCUT2D eigenvalue weighted by Gasteiger charge is 2.32. The number of rotatable bonds is 3. The number of oxime groups is 1. The van der Waals surface area contributed by atoms with Crippen LogP contribution in [-0.2, 0) is 25.2 Å². The molecule has 1 aliphatic heterocycles. The Bertz CT molecular complexity index is 688. The summed E-state index contributed by atoms with van der Waals surface area (Å²) in [4.78, 5) is 16.7. The van der Waals surface area contributed by atoms with Crippen LogP contribution in [-0.4, -0.2) is 29.0 Å². The highest BCUT2D eigenvalue weighted by molar-refractivity contribution is 6.02. The summed E-state index contributed by atoms with van der Waals surface area (Å²) < 4.78 is 5.22. The fourth-order valence-electron chi connectivity index (χ4n) is 3.10. The second-order valence-corrected chi connectivity index (χ2v) is 9.12. The lowest BCUT2D eigenvalue weighted by Crippen LogP contribution is -2.28. The van der Waals surface area contributed by atoms with Gasteiger partial charge in [-0.3, -0.25) is 4.79 Å². The van der Waals surface area contributed by atoms with Crippen LogP contribution < -0.4 is 0 Å². The van der Waals surface area contributed by atoms with Gasteiger partial charge in [-0.05, 0) is 29.9 Å². The van der Waals surface area contributed by atoms with Gasteiger partial charge in [-0.25, -0.2) is 0 Å². The van der Waals surface area contributed by atoms with Gasteiger partial charge in [-0.2, -0.15) is 0 Å². The average molecular weight is 361 g/mol. The SMILES string of the molecule is CC(=O)OC(C)C1CC(c2cc(C(C)(C)C)c(O)c(C(C)(C)C)c2)=NO1. The quantitative estimate of drug-likeness (QED) is 0.809. The van der Waals surface area contributed by atoms with Crippen LogP contribution in [0.5, 0.6) is 5.75 Å². The molecule has 0 fully saturated rings. The molecule has 0 spiro atoms. The number of phenols is 1. The molecule has 5 heteroatoms. The number of phenolic OH excluding ortho intramolecular Hbond substituents is 1. The number of benzene rings is 1. The van der Waals surface area contributed by atoms with E-state index in [-0.39, 0.29) is 29.0 Å². The van der Waals surface area contributed by atoms with E-state index >= 15 is 0 Å². The second-order valence-electron chi connectivity index (χ2n) is 9.12. The van der Waals surface area contributed by atoms with E-state index in [9.17, 15) is 9.90 Å². The van der Waals surface area contributed by atoms with Gasteiger partial charge >= 0.3 is 5.97 Å². The monoisotopic (exact) mass is 361 g/mol. The Hall–Kier alpha value is -2.04. The first-order valence-corrected chi connectivity index (χ1v) is 9.09. The van der Waals surface area contributed by atoms with E-state index in [1.54, 1.807) is 0 Å². The minimum Gasteiger partial charge on any atom is -0.507 e. The lowest BCUT2D eigenvalue weighted by Gasteiger charge is -2.28. The van der Waals surface area contributed by atoms with Gasteiger partial charge in [0, 0.05) is 30.0 Å². The van der Waals surface area contributed by atoms with Crippen molar-refractivity contribution in [2.45, 2.75) is 84.8 Å². The topological polar surface area (TPSA) is 68.1 Å². The largest absolute Gasteiger partial charge is 0.507 e. The first-order valence-electron chi connectivity index (χ1n) is 9.09. The molecule has 0 aliphatic carbocycles. The summed E-state index contributed by atoms with van der Waals surface area (Å²) >= 11 is 0. The smallest absolute Gasteiger partial charge is 0.303 e. The number of ether oxygens (including phenoxy) is 1. The van der Waals surface area contributed by atoms with E-state index in [0.717, 1.165) is 22.4 Å². The van der Waals surface area contributed by atoms with E-state index in [1.807, 2.05) is 19.1 Å². The molecule has 0 amide bonds. The summed E-state index contributed by atoms with van der Waals surface area (Å²) in [7, 11) is 0. The maximum atomic E-state index is 11.2. The van der Waals surface area contributed by atoms with Gasteiger partial charge in [-0.15, -0.1) is 0 Å². The van der Waals surface area contributed by atoms with Crippen LogP contribution in [0.15, 0.2) is 17.3 Å². The van der Waals surface area contributed by atoms with Crippen LogP contribution in [0.2, 0.25) is 0 Å². The molecule has 1 N–H and O–H groups in total. The fourth-order valence-corrected chi connectivity index (χ4v) is 3.10. The van der Waals surface area contributed by atoms with Crippen LogP contribution in [0.4, 0.5) is 0 Å². The van der Waals surface area contributed by atoms with E-state index in [0.29, 0.717) is 12.2 Å². The third-order valence-corrected chi connectivity index (χ3v) is 4.63. The van der Waals surface area contributed by atoms with Crippen LogP contribution in [0.25, 0.3) is 0 Å². The Morgan fingerprint density at radius 2 is 1.69 bits per heavy atom. The zero-order valence-corrected chi connectivity index (χ0v) is 17.1. The molecule has 0 aromatic heterocycles. The van der Waals surface area contributed by atoms with Crippen LogP contribution >= 0.6 is 0 Å². The number of aromatic hydroxyl groups is 1. The minimum absolute atomic E-state index is 0.204. The number of carbonyl (C=O) groups is 1. The van der Waals surface area contributed by atoms with Crippen molar-refractivity contribution in [2.75, 3.05) is 0 Å². The molecule has 0 bridgehead atoms. The van der Waals surface area contributed by atoms with Crippen molar-refractivity contribution in [1.82, 2.24) is 0 Å². The fraction of sp³-hybridized carbons (Fsp3) is 0.619. The Morgan fingerprint density at radius 3 is 2.12 bits per heavy atom. The van der Waals surface area contributed by atoms with E-state index in [2.05, 4.69) is 46.7 Å². The maximum absolute atomic E-state index is 11.2. The molecule has 0 radical (unpaired) electrons. The predicted octanol–water partition coefficient (Wildman–Crippen LogP) is 4.43. The Labute approximate surface area is 156 Å². The first-order chi connectivity index (χ1) is 11.8. The first kappa shape index (κ1) is 20.3. The van der Waals surface area contributed by atoms with Crippen LogP contribution in [0.3, 0.4) is 0 Å². The van der Waals surface area contributed by atoms with Gasteiger partial charge in [0.1, 0.15) is 11.9 Å². The van der Waals surface area contributed by atoms with Gasteiger partial charge in [0.05, 0.1) is 5.71 Å². The van der Waals surface area contributed by atoms with Crippen molar-refractivity contribution >= 4 is 11.7 Å². The lowest BCUT2D eigenvalue weighted by atomic mass is 9.78. The molecule has 1 aromatic rings. The molecule has 1 heterocycles. The normalized spacial score (nSPS) is 18.9. The van der Waals surface area contributed by atoms with E-state index < -0.39 is 0 Å². The number of carbonyl (C=O) groups excluding carboxylic acids is 1. The van der Waals surface area contributed by atoms with E-state index in [1.165, 1.54) is 6.92 Å². The highest BCUT2D eigenvalue weighted by atomic mass is 16.7. The van der Waals surface area contributed by atoms with Gasteiger partial charge in [0.15, 0.2) is 6.10 Å². The summed E-state index contributed by atoms with van der Waals surface area (Å²) in [5.41, 5.74) is 3.12. The maximum Gasteiger partial charge on any atom is 0.303 e. The van der Waals surface area contributed by atoms with Crippen molar-refractivity contribution in [1.29, 1.82) is 0 Å². The molecule has 2 unspecified atom stereocenters. The van der Waals surface area contributed by atoms with Crippen molar-refractivity contribution in [2.24, 2.45) is 5.16 Å². The van der Waals surface area contributed by atoms with Crippen molar-refractivity contribution < 1.29 is 19.5 Å². The number of hydrogen-bond acceptors (Lipinski definition) is 5. The summed E-state index contributed by atoms with van der Waals surface area (Å²) in [5, 5.41) is 15.1. The third kappa shape index (κ3) is 4.37. The Balaban J connectivity index is 2.40. The zero-order chi connectivity index (χ0) is 19.9. The average Bonchev–Trinajstić information content (AvgIpc) is 2.94. The van der Waals surface area contributed by atoms with Crippen LogP contribution in [0.1, 0.15) is 78.5 Å². The molecule has 5 nitrogen and oxygen atoms in total. The molecule has 1 aromatic carbocycles. The standard InChI is InChI=1S/C21H31NO4/c1-12(25-13(2)23)18-11-17(22-26-18)14-9-15(20(3,4)5)19(24)16(10-14)21(6,7)8/h9-10,12,18,24H,11H2,1-8H3. The molecule has 0 saturated carbocycles. The second kappa shape index (κ2) is 6.93. The molecule has 26 heavy (non-hydrogen) atoms. The van der Waals surface area contributed by atoms with Gasteiger partial charge in [-0.1, -0.05) is 46.7 Å². The van der Waals surface area contributed by atoms with Gasteiger partial charge in [0.2, 0.25) is 0 Å². The molecule has 0 saturated heterocycles. The summed E-state index contributed by atoms with van der Waals surface area (Å²) in [6.45, 7) is 15.7. The number of hydrogen-bond donors (Lipinski definition) is 1. The predicted molar refractivity (Wildman–Crippen MR) is 103 cm³/mol. The van der Waals surface area contributed by atoms with Crippen LogP contribution in [0, 0.1) is 0 Å². The molecule has 2 atom stereocenters. The lowest BCUT2D eigenvalue weighted by molar-refractivity contribution is -0.152. The highest BCUT2D eigenvalue weighted by Crippen LogP contribution is 2.40. The molecular formula is C21H31NO4. The minimum atomic E-state index is -0.366. The van der Waals surface area contributed by atoms with E-state index in [4.69, 9.17) is 9.57 Å². The number of esters is 1. The summed E-state index contributed by atoms with van der Waals surface area (Å²) in [6, 6.07) is 3.98. The molecule has 2 rings (SSSR count). The molecular weight excluding hydrogens is 330 g/mol. The summed E-state index contributed by atoms with van der Waals surface area (Å²) in [5.74, 6) is 0.0160. The zero-order valence-electron chi connectivity index (χ0n) is 17.1.